The Balaban J connectivity index is 2.26. The molecule has 2 rings (SSSR count). The molecule has 1 aliphatic rings. The number of aromatic nitrogens is 1. The minimum absolute atomic E-state index is 0.172. The number of pyridine rings is 1. The van der Waals surface area contributed by atoms with Crippen molar-refractivity contribution >= 4 is 10.0 Å². The first-order valence-corrected chi connectivity index (χ1v) is 7.10. The molecule has 0 spiro atoms. The van der Waals surface area contributed by atoms with E-state index in [1.165, 1.54) is 12.3 Å². The number of nitrogens with zero attached hydrogens (tertiary/aromatic N) is 2. The molecule has 0 saturated carbocycles. The SMILES string of the molecule is CC1(O)CCN(S(=O)(=O)c2ncccc2F)CC1. The molecule has 1 aromatic heterocycles. The Morgan fingerprint density at radius 3 is 2.61 bits per heavy atom. The first-order valence-electron chi connectivity index (χ1n) is 5.66. The first-order chi connectivity index (χ1) is 8.33. The fourth-order valence-corrected chi connectivity index (χ4v) is 3.31. The van der Waals surface area contributed by atoms with E-state index in [9.17, 15) is 17.9 Å². The lowest BCUT2D eigenvalue weighted by atomic mass is 9.95. The second-order valence-corrected chi connectivity index (χ2v) is 6.54. The van der Waals surface area contributed by atoms with E-state index in [4.69, 9.17) is 0 Å². The normalized spacial score (nSPS) is 20.8. The summed E-state index contributed by atoms with van der Waals surface area (Å²) in [5, 5.41) is 9.22. The van der Waals surface area contributed by atoms with Gasteiger partial charge in [0, 0.05) is 19.3 Å². The standard InChI is InChI=1S/C11H15FN2O3S/c1-11(15)4-7-14(8-5-11)18(16,17)10-9(12)3-2-6-13-10/h2-3,6,15H,4-5,7-8H2,1H3. The number of rotatable bonds is 2. The van der Waals surface area contributed by atoms with Crippen LogP contribution in [0.1, 0.15) is 19.8 Å². The number of halogens is 1. The zero-order valence-electron chi connectivity index (χ0n) is 10.0. The van der Waals surface area contributed by atoms with Crippen molar-refractivity contribution in [3.05, 3.63) is 24.1 Å². The molecule has 0 aliphatic carbocycles. The topological polar surface area (TPSA) is 70.5 Å². The zero-order chi connectivity index (χ0) is 13.4. The molecule has 100 valence electrons. The van der Waals surface area contributed by atoms with Gasteiger partial charge in [0.25, 0.3) is 10.0 Å². The lowest BCUT2D eigenvalue weighted by molar-refractivity contribution is 0.0125. The van der Waals surface area contributed by atoms with Gasteiger partial charge < -0.3 is 5.11 Å². The van der Waals surface area contributed by atoms with Gasteiger partial charge in [0.2, 0.25) is 5.03 Å². The molecule has 0 atom stereocenters. The van der Waals surface area contributed by atoms with Gasteiger partial charge in [0.1, 0.15) is 0 Å². The summed E-state index contributed by atoms with van der Waals surface area (Å²) in [6.45, 7) is 2.01. The van der Waals surface area contributed by atoms with Gasteiger partial charge >= 0.3 is 0 Å². The molecule has 0 unspecified atom stereocenters. The highest BCUT2D eigenvalue weighted by atomic mass is 32.2. The van der Waals surface area contributed by atoms with Gasteiger partial charge in [-0.2, -0.15) is 4.31 Å². The molecule has 1 aromatic rings. The van der Waals surface area contributed by atoms with E-state index in [-0.39, 0.29) is 13.1 Å². The third kappa shape index (κ3) is 2.52. The lowest BCUT2D eigenvalue weighted by Crippen LogP contribution is -2.45. The molecule has 0 bridgehead atoms. The van der Waals surface area contributed by atoms with Crippen molar-refractivity contribution < 1.29 is 17.9 Å². The van der Waals surface area contributed by atoms with Gasteiger partial charge in [-0.3, -0.25) is 0 Å². The van der Waals surface area contributed by atoms with E-state index in [1.54, 1.807) is 6.92 Å². The second-order valence-electron chi connectivity index (χ2n) is 4.69. The van der Waals surface area contributed by atoms with Crippen LogP contribution in [0.25, 0.3) is 0 Å². The Kier molecular flexibility index (Phi) is 3.39. The van der Waals surface area contributed by atoms with E-state index in [1.807, 2.05) is 0 Å². The molecule has 2 heterocycles. The minimum atomic E-state index is -3.91. The monoisotopic (exact) mass is 274 g/mol. The fraction of sp³-hybridized carbons (Fsp3) is 0.545. The summed E-state index contributed by atoms with van der Waals surface area (Å²) in [6.07, 6.45) is 1.91. The molecule has 7 heteroatoms. The molecule has 5 nitrogen and oxygen atoms in total. The Hall–Kier alpha value is -1.05. The molecule has 18 heavy (non-hydrogen) atoms. The highest BCUT2D eigenvalue weighted by Gasteiger charge is 2.35. The maximum absolute atomic E-state index is 13.5. The van der Waals surface area contributed by atoms with Crippen LogP contribution >= 0.6 is 0 Å². The highest BCUT2D eigenvalue weighted by Crippen LogP contribution is 2.26. The molecule has 1 fully saturated rings. The van der Waals surface area contributed by atoms with Crippen LogP contribution < -0.4 is 0 Å². The minimum Gasteiger partial charge on any atom is -0.390 e. The number of hydrogen-bond donors (Lipinski definition) is 1. The van der Waals surface area contributed by atoms with Gasteiger partial charge in [0.15, 0.2) is 5.82 Å². The third-order valence-electron chi connectivity index (χ3n) is 3.11. The van der Waals surface area contributed by atoms with Crippen molar-refractivity contribution in [3.63, 3.8) is 0 Å². The molecular weight excluding hydrogens is 259 g/mol. The molecule has 0 radical (unpaired) electrons. The summed E-state index contributed by atoms with van der Waals surface area (Å²) in [5.74, 6) is -0.852. The quantitative estimate of drug-likeness (QED) is 0.864. The third-order valence-corrected chi connectivity index (χ3v) is 4.94. The van der Waals surface area contributed by atoms with Crippen LogP contribution in [0.2, 0.25) is 0 Å². The summed E-state index contributed by atoms with van der Waals surface area (Å²) < 4.78 is 39.0. The Bertz CT molecular complexity index is 535. The van der Waals surface area contributed by atoms with Crippen LogP contribution in [0, 0.1) is 5.82 Å². The lowest BCUT2D eigenvalue weighted by Gasteiger charge is -2.34. The maximum atomic E-state index is 13.5. The highest BCUT2D eigenvalue weighted by molar-refractivity contribution is 7.89. The van der Waals surface area contributed by atoms with Crippen LogP contribution in [0.4, 0.5) is 4.39 Å². The van der Waals surface area contributed by atoms with Crippen molar-refractivity contribution in [2.75, 3.05) is 13.1 Å². The zero-order valence-corrected chi connectivity index (χ0v) is 10.8. The number of aliphatic hydroxyl groups is 1. The van der Waals surface area contributed by atoms with E-state index in [0.29, 0.717) is 12.8 Å². The maximum Gasteiger partial charge on any atom is 0.263 e. The smallest absolute Gasteiger partial charge is 0.263 e. The van der Waals surface area contributed by atoms with Crippen molar-refractivity contribution in [3.8, 4) is 0 Å². The molecule has 0 amide bonds. The van der Waals surface area contributed by atoms with Gasteiger partial charge in [-0.25, -0.2) is 17.8 Å². The predicted molar refractivity (Wildman–Crippen MR) is 62.8 cm³/mol. The average Bonchev–Trinajstić information content (AvgIpc) is 2.28. The largest absolute Gasteiger partial charge is 0.390 e. The number of sulfonamides is 1. The van der Waals surface area contributed by atoms with Gasteiger partial charge in [-0.05, 0) is 31.9 Å². The fourth-order valence-electron chi connectivity index (χ4n) is 1.89. The van der Waals surface area contributed by atoms with Crippen molar-refractivity contribution in [2.45, 2.75) is 30.4 Å². The van der Waals surface area contributed by atoms with Gasteiger partial charge in [0.05, 0.1) is 5.60 Å². The van der Waals surface area contributed by atoms with Crippen molar-refractivity contribution in [1.29, 1.82) is 0 Å². The van der Waals surface area contributed by atoms with Crippen LogP contribution in [-0.4, -0.2) is 41.5 Å². The summed E-state index contributed by atoms with van der Waals surface area (Å²) in [6, 6.07) is 2.41. The molecule has 1 aliphatic heterocycles. The Labute approximate surface area is 105 Å². The molecule has 0 aromatic carbocycles. The summed E-state index contributed by atoms with van der Waals surface area (Å²) >= 11 is 0. The summed E-state index contributed by atoms with van der Waals surface area (Å²) in [5.41, 5.74) is -0.852. The first kappa shape index (κ1) is 13.4. The van der Waals surface area contributed by atoms with E-state index in [0.717, 1.165) is 10.4 Å². The Morgan fingerprint density at radius 1 is 1.44 bits per heavy atom. The van der Waals surface area contributed by atoms with Crippen LogP contribution in [0.3, 0.4) is 0 Å². The number of hydrogen-bond acceptors (Lipinski definition) is 4. The van der Waals surface area contributed by atoms with E-state index >= 15 is 0 Å². The van der Waals surface area contributed by atoms with Crippen LogP contribution in [0.5, 0.6) is 0 Å². The molecule has 1 saturated heterocycles. The predicted octanol–water partition coefficient (Wildman–Crippen LogP) is 0.756. The number of piperidine rings is 1. The van der Waals surface area contributed by atoms with Gasteiger partial charge in [-0.15, -0.1) is 0 Å². The van der Waals surface area contributed by atoms with Crippen LogP contribution in [0.15, 0.2) is 23.4 Å². The van der Waals surface area contributed by atoms with Crippen LogP contribution in [-0.2, 0) is 10.0 Å². The van der Waals surface area contributed by atoms with Crippen molar-refractivity contribution in [2.24, 2.45) is 0 Å². The van der Waals surface area contributed by atoms with Gasteiger partial charge in [-0.1, -0.05) is 0 Å². The second kappa shape index (κ2) is 4.56. The summed E-state index contributed by atoms with van der Waals surface area (Å²) in [7, 11) is -3.91. The average molecular weight is 274 g/mol. The van der Waals surface area contributed by atoms with E-state index < -0.39 is 26.5 Å². The van der Waals surface area contributed by atoms with Crippen molar-refractivity contribution in [1.82, 2.24) is 9.29 Å². The molecule has 1 N–H and O–H groups in total. The molecular formula is C11H15FN2O3S. The Morgan fingerprint density at radius 2 is 2.06 bits per heavy atom. The van der Waals surface area contributed by atoms with E-state index in [2.05, 4.69) is 4.98 Å². The summed E-state index contributed by atoms with van der Waals surface area (Å²) in [4.78, 5) is 3.59.